The minimum Gasteiger partial charge on any atom is -0.444 e. The summed E-state index contributed by atoms with van der Waals surface area (Å²) in [6.45, 7) is 6.27. The van der Waals surface area contributed by atoms with Crippen LogP contribution in [0.25, 0.3) is 0 Å². The van der Waals surface area contributed by atoms with Gasteiger partial charge in [0.15, 0.2) is 0 Å². The second-order valence-electron chi connectivity index (χ2n) is 10.8. The maximum Gasteiger partial charge on any atom is 0.407 e. The Balaban J connectivity index is 1.56. The average molecular weight is 574 g/mol. The Kier molecular flexibility index (Phi) is 12.7. The van der Waals surface area contributed by atoms with E-state index in [1.54, 1.807) is 28.6 Å². The van der Waals surface area contributed by atoms with Gasteiger partial charge in [0, 0.05) is 45.3 Å². The van der Waals surface area contributed by atoms with E-state index in [-0.39, 0.29) is 31.0 Å². The van der Waals surface area contributed by atoms with Crippen LogP contribution in [0.4, 0.5) is 9.59 Å². The Morgan fingerprint density at radius 2 is 1.93 bits per heavy atom. The van der Waals surface area contributed by atoms with Crippen LogP contribution < -0.4 is 10.6 Å². The highest BCUT2D eigenvalue weighted by Crippen LogP contribution is 2.16. The fraction of sp³-hybridized carbons (Fsp3) is 0.586. The van der Waals surface area contributed by atoms with Crippen LogP contribution >= 0.6 is 11.3 Å². The molecular weight excluding hydrogens is 530 g/mol. The highest BCUT2D eigenvalue weighted by molar-refractivity contribution is 7.09. The Morgan fingerprint density at radius 3 is 2.62 bits per heavy atom. The maximum absolute atomic E-state index is 12.8. The summed E-state index contributed by atoms with van der Waals surface area (Å²) in [5.74, 6) is 0.191. The zero-order valence-electron chi connectivity index (χ0n) is 23.8. The Hall–Kier alpha value is -3.18. The molecule has 3 atom stereocenters. The number of aliphatic hydroxyl groups is 1. The number of urea groups is 1. The average Bonchev–Trinajstić information content (AvgIpc) is 3.43. The van der Waals surface area contributed by atoms with Crippen molar-refractivity contribution in [3.05, 3.63) is 52.5 Å². The van der Waals surface area contributed by atoms with Gasteiger partial charge in [-0.25, -0.2) is 9.59 Å². The second-order valence-corrected chi connectivity index (χ2v) is 11.8. The van der Waals surface area contributed by atoms with Crippen molar-refractivity contribution in [1.82, 2.24) is 25.4 Å². The van der Waals surface area contributed by atoms with Crippen molar-refractivity contribution in [2.45, 2.75) is 77.2 Å². The van der Waals surface area contributed by atoms with E-state index in [1.165, 1.54) is 11.3 Å². The lowest BCUT2D eigenvalue weighted by Gasteiger charge is -2.33. The molecule has 1 saturated heterocycles. The van der Waals surface area contributed by atoms with Gasteiger partial charge in [-0.05, 0) is 43.6 Å². The molecule has 3 N–H and O–H groups in total. The van der Waals surface area contributed by atoms with Crippen molar-refractivity contribution < 1.29 is 24.2 Å². The maximum atomic E-state index is 12.8. The number of hydrogen-bond donors (Lipinski definition) is 3. The lowest BCUT2D eigenvalue weighted by atomic mass is 9.92. The second kappa shape index (κ2) is 16.2. The molecule has 3 rings (SSSR count). The molecule has 0 radical (unpaired) electrons. The van der Waals surface area contributed by atoms with Crippen LogP contribution in [0.3, 0.4) is 0 Å². The molecule has 1 aliphatic heterocycles. The molecule has 220 valence electrons. The van der Waals surface area contributed by atoms with Crippen LogP contribution in [0.15, 0.2) is 42.0 Å². The van der Waals surface area contributed by atoms with Crippen LogP contribution in [-0.2, 0) is 22.6 Å². The molecule has 11 heteroatoms. The van der Waals surface area contributed by atoms with Crippen molar-refractivity contribution >= 4 is 29.4 Å². The summed E-state index contributed by atoms with van der Waals surface area (Å²) in [5.41, 5.74) is 2.64. The van der Waals surface area contributed by atoms with E-state index < -0.39 is 18.2 Å². The van der Waals surface area contributed by atoms with Crippen molar-refractivity contribution in [2.24, 2.45) is 5.92 Å². The summed E-state index contributed by atoms with van der Waals surface area (Å²) < 4.78 is 5.36. The topological polar surface area (TPSA) is 124 Å². The molecule has 4 amide bonds. The fourth-order valence-electron chi connectivity index (χ4n) is 4.90. The van der Waals surface area contributed by atoms with Crippen LogP contribution in [-0.4, -0.2) is 82.8 Å². The predicted octanol–water partition coefficient (Wildman–Crippen LogP) is 3.80. The number of nitrogens with one attached hydrogen (secondary N) is 2. The van der Waals surface area contributed by atoms with Gasteiger partial charge in [-0.2, -0.15) is 0 Å². The lowest BCUT2D eigenvalue weighted by Crippen LogP contribution is -2.49. The summed E-state index contributed by atoms with van der Waals surface area (Å²) in [5, 5.41) is 17.2. The van der Waals surface area contributed by atoms with Crippen molar-refractivity contribution in [3.63, 3.8) is 0 Å². The monoisotopic (exact) mass is 573 g/mol. The number of amides is 4. The summed E-state index contributed by atoms with van der Waals surface area (Å²) in [6.07, 6.45) is 3.31. The van der Waals surface area contributed by atoms with Gasteiger partial charge in [0.1, 0.15) is 6.61 Å². The largest absolute Gasteiger partial charge is 0.444 e. The first kappa shape index (κ1) is 31.3. The molecule has 2 aromatic rings. The van der Waals surface area contributed by atoms with Gasteiger partial charge < -0.3 is 30.3 Å². The molecule has 1 aliphatic rings. The normalized spacial score (nSPS) is 16.0. The van der Waals surface area contributed by atoms with Crippen LogP contribution in [0.2, 0.25) is 0 Å². The molecule has 0 bridgehead atoms. The lowest BCUT2D eigenvalue weighted by molar-refractivity contribution is -0.122. The number of benzene rings is 1. The number of alkyl carbamates (subject to hydrolysis) is 1. The van der Waals surface area contributed by atoms with Crippen molar-refractivity contribution in [1.29, 1.82) is 0 Å². The molecule has 10 nitrogen and oxygen atoms in total. The van der Waals surface area contributed by atoms with Gasteiger partial charge in [0.2, 0.25) is 5.91 Å². The Bertz CT molecular complexity index is 1050. The van der Waals surface area contributed by atoms with Crippen LogP contribution in [0.1, 0.15) is 56.4 Å². The minimum absolute atomic E-state index is 0.00926. The van der Waals surface area contributed by atoms with E-state index >= 15 is 0 Å². The molecule has 1 aromatic heterocycles. The number of ether oxygens (including phenoxy) is 1. The van der Waals surface area contributed by atoms with Crippen LogP contribution in [0.5, 0.6) is 0 Å². The number of aromatic nitrogens is 1. The molecule has 0 aliphatic carbocycles. The third kappa shape index (κ3) is 10.8. The summed E-state index contributed by atoms with van der Waals surface area (Å²) in [7, 11) is 1.80. The van der Waals surface area contributed by atoms with Crippen molar-refractivity contribution in [3.8, 4) is 0 Å². The summed E-state index contributed by atoms with van der Waals surface area (Å²) in [6, 6.07) is 8.78. The first-order valence-electron chi connectivity index (χ1n) is 14.0. The first-order chi connectivity index (χ1) is 19.2. The standard InChI is InChI=1S/C29H43N5O5S/c1-21(2)15-23(31-27(36)11-7-13-34-14-8-12-33(3)29(34)38)17-26(35)25(16-22-9-5-4-6-10-22)32-28(37)39-19-24-18-30-20-40-24/h4-6,9-10,18,20-21,23,25-26,35H,7-8,11-17,19H2,1-3H3,(H,31,36)(H,32,37)/t23-,25-,26-/m0/s1. The van der Waals surface area contributed by atoms with Gasteiger partial charge in [-0.1, -0.05) is 44.2 Å². The molecule has 2 heterocycles. The van der Waals surface area contributed by atoms with Gasteiger partial charge in [0.05, 0.1) is 22.5 Å². The smallest absolute Gasteiger partial charge is 0.407 e. The molecule has 0 unspecified atom stereocenters. The fourth-order valence-corrected chi connectivity index (χ4v) is 5.41. The summed E-state index contributed by atoms with van der Waals surface area (Å²) in [4.78, 5) is 46.0. The van der Waals surface area contributed by atoms with E-state index in [2.05, 4.69) is 29.5 Å². The zero-order valence-corrected chi connectivity index (χ0v) is 24.6. The molecule has 40 heavy (non-hydrogen) atoms. The van der Waals surface area contributed by atoms with E-state index in [1.807, 2.05) is 30.3 Å². The van der Waals surface area contributed by atoms with Gasteiger partial charge in [-0.15, -0.1) is 11.3 Å². The molecular formula is C29H43N5O5S. The zero-order chi connectivity index (χ0) is 28.9. The van der Waals surface area contributed by atoms with Gasteiger partial charge in [0.25, 0.3) is 0 Å². The number of carbonyl (C=O) groups is 3. The third-order valence-corrected chi connectivity index (χ3v) is 7.65. The molecule has 1 fully saturated rings. The van der Waals surface area contributed by atoms with E-state index in [0.29, 0.717) is 38.1 Å². The van der Waals surface area contributed by atoms with Crippen LogP contribution in [0, 0.1) is 5.92 Å². The van der Waals surface area contributed by atoms with E-state index in [0.717, 1.165) is 30.0 Å². The van der Waals surface area contributed by atoms with E-state index in [4.69, 9.17) is 4.74 Å². The number of carbonyl (C=O) groups excluding carboxylic acids is 3. The third-order valence-electron chi connectivity index (χ3n) is 6.89. The minimum atomic E-state index is -0.915. The van der Waals surface area contributed by atoms with Gasteiger partial charge in [-0.3, -0.25) is 9.78 Å². The number of aliphatic hydroxyl groups excluding tert-OH is 1. The van der Waals surface area contributed by atoms with Crippen molar-refractivity contribution in [2.75, 3.05) is 26.7 Å². The molecule has 0 saturated carbocycles. The molecule has 0 spiro atoms. The van der Waals surface area contributed by atoms with E-state index in [9.17, 15) is 19.5 Å². The SMILES string of the molecule is CC(C)C[C@@H](C[C@H](O)[C@H](Cc1ccccc1)NC(=O)OCc1cncs1)NC(=O)CCCN1CCCN(C)C1=O. The number of nitrogens with zero attached hydrogens (tertiary/aromatic N) is 3. The Morgan fingerprint density at radius 1 is 1.15 bits per heavy atom. The Labute approximate surface area is 241 Å². The first-order valence-corrected chi connectivity index (χ1v) is 14.9. The number of rotatable bonds is 15. The highest BCUT2D eigenvalue weighted by atomic mass is 32.1. The predicted molar refractivity (Wildman–Crippen MR) is 155 cm³/mol. The molecule has 1 aromatic carbocycles. The number of hydrogen-bond acceptors (Lipinski definition) is 7. The quantitative estimate of drug-likeness (QED) is 0.298. The number of thiazole rings is 1. The highest BCUT2D eigenvalue weighted by Gasteiger charge is 2.27. The van der Waals surface area contributed by atoms with Gasteiger partial charge >= 0.3 is 12.1 Å². The summed E-state index contributed by atoms with van der Waals surface area (Å²) >= 11 is 1.40.